The van der Waals surface area contributed by atoms with Gasteiger partial charge in [0.2, 0.25) is 5.91 Å². The molecule has 100 valence electrons. The molecule has 0 aliphatic heterocycles. The largest absolute Gasteiger partial charge is 0.367 e. The van der Waals surface area contributed by atoms with Crippen LogP contribution in [0, 0.1) is 0 Å². The average molecular weight is 291 g/mol. The molecule has 0 saturated carbocycles. The van der Waals surface area contributed by atoms with Crippen LogP contribution in [0.2, 0.25) is 10.0 Å². The molecule has 0 saturated heterocycles. The predicted octanol–water partition coefficient (Wildman–Crippen LogP) is 1.65. The van der Waals surface area contributed by atoms with Crippen molar-refractivity contribution >= 4 is 34.9 Å². The van der Waals surface area contributed by atoms with Gasteiger partial charge in [0.15, 0.2) is 0 Å². The van der Waals surface area contributed by atoms with Crippen LogP contribution in [0.4, 0.5) is 5.82 Å². The summed E-state index contributed by atoms with van der Waals surface area (Å²) in [7, 11) is 0. The van der Waals surface area contributed by atoms with Gasteiger partial charge in [-0.2, -0.15) is 0 Å². The van der Waals surface area contributed by atoms with E-state index in [1.54, 1.807) is 19.9 Å². The highest BCUT2D eigenvalue weighted by atomic mass is 35.5. The number of pyridine rings is 1. The Morgan fingerprint density at radius 2 is 2.11 bits per heavy atom. The summed E-state index contributed by atoms with van der Waals surface area (Å²) in [5.41, 5.74) is 4.75. The van der Waals surface area contributed by atoms with Gasteiger partial charge in [-0.1, -0.05) is 23.2 Å². The number of hydrogen-bond acceptors (Lipinski definition) is 4. The predicted molar refractivity (Wildman–Crippen MR) is 74.0 cm³/mol. The second-order valence-electron chi connectivity index (χ2n) is 4.39. The van der Waals surface area contributed by atoms with Gasteiger partial charge < -0.3 is 16.4 Å². The third-order valence-electron chi connectivity index (χ3n) is 2.10. The SMILES string of the molecule is CC(C)(N)C(=O)NCCNc1ncc(Cl)cc1Cl. The summed E-state index contributed by atoms with van der Waals surface area (Å²) >= 11 is 11.7. The molecule has 0 unspecified atom stereocenters. The number of nitrogens with one attached hydrogen (secondary N) is 2. The molecule has 1 aromatic heterocycles. The number of anilines is 1. The van der Waals surface area contributed by atoms with E-state index in [0.717, 1.165) is 0 Å². The number of nitrogens with zero attached hydrogens (tertiary/aromatic N) is 1. The fourth-order valence-electron chi connectivity index (χ4n) is 1.13. The van der Waals surface area contributed by atoms with E-state index < -0.39 is 5.54 Å². The number of nitrogens with two attached hydrogens (primary N) is 1. The standard InChI is InChI=1S/C11H16Cl2N4O/c1-11(2,14)10(18)16-4-3-15-9-8(13)5-7(12)6-17-9/h5-6H,3-4,14H2,1-2H3,(H,15,17)(H,16,18). The number of hydrogen-bond donors (Lipinski definition) is 3. The molecule has 7 heteroatoms. The zero-order valence-corrected chi connectivity index (χ0v) is 11.8. The van der Waals surface area contributed by atoms with E-state index in [9.17, 15) is 4.79 Å². The topological polar surface area (TPSA) is 80.0 Å². The molecule has 0 atom stereocenters. The first kappa shape index (κ1) is 15.0. The van der Waals surface area contributed by atoms with Crippen molar-refractivity contribution < 1.29 is 4.79 Å². The monoisotopic (exact) mass is 290 g/mol. The molecule has 18 heavy (non-hydrogen) atoms. The average Bonchev–Trinajstić information content (AvgIpc) is 2.25. The van der Waals surface area contributed by atoms with Crippen LogP contribution >= 0.6 is 23.2 Å². The van der Waals surface area contributed by atoms with E-state index in [1.165, 1.54) is 6.20 Å². The highest BCUT2D eigenvalue weighted by Gasteiger charge is 2.20. The summed E-state index contributed by atoms with van der Waals surface area (Å²) in [4.78, 5) is 15.5. The van der Waals surface area contributed by atoms with Crippen LogP contribution in [0.5, 0.6) is 0 Å². The van der Waals surface area contributed by atoms with Crippen LogP contribution in [0.1, 0.15) is 13.8 Å². The Morgan fingerprint density at radius 3 is 2.67 bits per heavy atom. The fraction of sp³-hybridized carbons (Fsp3) is 0.455. The van der Waals surface area contributed by atoms with Crippen molar-refractivity contribution in [1.29, 1.82) is 0 Å². The molecule has 4 N–H and O–H groups in total. The first-order valence-electron chi connectivity index (χ1n) is 5.43. The Morgan fingerprint density at radius 1 is 1.44 bits per heavy atom. The summed E-state index contributed by atoms with van der Waals surface area (Å²) < 4.78 is 0. The summed E-state index contributed by atoms with van der Waals surface area (Å²) in [5, 5.41) is 6.60. The van der Waals surface area contributed by atoms with Crippen molar-refractivity contribution in [2.45, 2.75) is 19.4 Å². The maximum Gasteiger partial charge on any atom is 0.239 e. The molecule has 1 amide bonds. The van der Waals surface area contributed by atoms with E-state index in [4.69, 9.17) is 28.9 Å². The molecule has 1 heterocycles. The van der Waals surface area contributed by atoms with Gasteiger partial charge in [0.25, 0.3) is 0 Å². The minimum atomic E-state index is -0.879. The molecule has 1 aromatic rings. The number of halogens is 2. The third-order valence-corrected chi connectivity index (χ3v) is 2.59. The molecule has 1 rings (SSSR count). The van der Waals surface area contributed by atoms with Crippen molar-refractivity contribution in [1.82, 2.24) is 10.3 Å². The smallest absolute Gasteiger partial charge is 0.239 e. The Bertz CT molecular complexity index is 432. The normalized spacial score (nSPS) is 11.2. The molecule has 0 spiro atoms. The first-order valence-corrected chi connectivity index (χ1v) is 6.18. The van der Waals surface area contributed by atoms with Gasteiger partial charge >= 0.3 is 0 Å². The first-order chi connectivity index (χ1) is 8.30. The number of aromatic nitrogens is 1. The zero-order valence-electron chi connectivity index (χ0n) is 10.3. The van der Waals surface area contributed by atoms with Gasteiger partial charge in [0.05, 0.1) is 15.6 Å². The second kappa shape index (κ2) is 6.22. The maximum atomic E-state index is 11.5. The van der Waals surface area contributed by atoms with Gasteiger partial charge in [-0.25, -0.2) is 4.98 Å². The minimum absolute atomic E-state index is 0.209. The van der Waals surface area contributed by atoms with Gasteiger partial charge in [-0.05, 0) is 19.9 Å². The summed E-state index contributed by atoms with van der Waals surface area (Å²) in [5.74, 6) is 0.321. The molecule has 0 fully saturated rings. The molecule has 5 nitrogen and oxygen atoms in total. The molecule has 0 bridgehead atoms. The Hall–Kier alpha value is -1.04. The number of amides is 1. The second-order valence-corrected chi connectivity index (χ2v) is 5.23. The Labute approximate surface area is 116 Å². The van der Waals surface area contributed by atoms with Crippen molar-refractivity contribution in [2.24, 2.45) is 5.73 Å². The van der Waals surface area contributed by atoms with Gasteiger partial charge in [-0.3, -0.25) is 4.79 Å². The molecule has 0 aliphatic carbocycles. The van der Waals surface area contributed by atoms with E-state index in [0.29, 0.717) is 29.0 Å². The van der Waals surface area contributed by atoms with E-state index in [1.807, 2.05) is 0 Å². The minimum Gasteiger partial charge on any atom is -0.367 e. The summed E-state index contributed by atoms with van der Waals surface area (Å²) in [6.45, 7) is 4.22. The van der Waals surface area contributed by atoms with Crippen LogP contribution in [0.15, 0.2) is 12.3 Å². The number of carbonyl (C=O) groups excluding carboxylic acids is 1. The lowest BCUT2D eigenvalue weighted by Crippen LogP contribution is -2.50. The van der Waals surface area contributed by atoms with Crippen molar-refractivity contribution in [3.8, 4) is 0 Å². The van der Waals surface area contributed by atoms with Gasteiger partial charge in [-0.15, -0.1) is 0 Å². The van der Waals surface area contributed by atoms with E-state index in [2.05, 4.69) is 15.6 Å². The molecule has 0 aromatic carbocycles. The van der Waals surface area contributed by atoms with Crippen LogP contribution < -0.4 is 16.4 Å². The lowest BCUT2D eigenvalue weighted by atomic mass is 10.1. The quantitative estimate of drug-likeness (QED) is 0.721. The van der Waals surface area contributed by atoms with Gasteiger partial charge in [0.1, 0.15) is 5.82 Å². The Kier molecular flexibility index (Phi) is 5.19. The molecule has 0 aliphatic rings. The van der Waals surface area contributed by atoms with Crippen molar-refractivity contribution in [3.63, 3.8) is 0 Å². The lowest BCUT2D eigenvalue weighted by Gasteiger charge is -2.17. The van der Waals surface area contributed by atoms with Crippen LogP contribution in [0.25, 0.3) is 0 Å². The number of rotatable bonds is 5. The third kappa shape index (κ3) is 4.68. The van der Waals surface area contributed by atoms with Crippen molar-refractivity contribution in [3.05, 3.63) is 22.3 Å². The molecule has 0 radical (unpaired) electrons. The van der Waals surface area contributed by atoms with E-state index in [-0.39, 0.29) is 5.91 Å². The van der Waals surface area contributed by atoms with Crippen LogP contribution in [-0.2, 0) is 4.79 Å². The van der Waals surface area contributed by atoms with Crippen LogP contribution in [0.3, 0.4) is 0 Å². The molecular formula is C11H16Cl2N4O. The fourth-order valence-corrected chi connectivity index (χ4v) is 1.58. The van der Waals surface area contributed by atoms with Crippen LogP contribution in [-0.4, -0.2) is 29.5 Å². The lowest BCUT2D eigenvalue weighted by molar-refractivity contribution is -0.125. The Balaban J connectivity index is 2.36. The number of carbonyl (C=O) groups is 1. The summed E-state index contributed by atoms with van der Waals surface area (Å²) in [6.07, 6.45) is 1.50. The van der Waals surface area contributed by atoms with Crippen molar-refractivity contribution in [2.75, 3.05) is 18.4 Å². The zero-order chi connectivity index (χ0) is 13.8. The highest BCUT2D eigenvalue weighted by molar-refractivity contribution is 6.35. The highest BCUT2D eigenvalue weighted by Crippen LogP contribution is 2.21. The van der Waals surface area contributed by atoms with E-state index >= 15 is 0 Å². The molecular weight excluding hydrogens is 275 g/mol. The maximum absolute atomic E-state index is 11.5. The summed E-state index contributed by atoms with van der Waals surface area (Å²) in [6, 6.07) is 1.60. The van der Waals surface area contributed by atoms with Gasteiger partial charge in [0, 0.05) is 19.3 Å².